The second-order valence-corrected chi connectivity index (χ2v) is 9.70. The van der Waals surface area contributed by atoms with Crippen LogP contribution in [0.25, 0.3) is 0 Å². The predicted molar refractivity (Wildman–Crippen MR) is 92.3 cm³/mol. The Kier molecular flexibility index (Phi) is 3.95. The number of carbonyl (C=O) groups is 2. The molecule has 4 fully saturated rings. The van der Waals surface area contributed by atoms with Crippen LogP contribution >= 0.6 is 0 Å². The van der Waals surface area contributed by atoms with E-state index in [2.05, 4.69) is 13.8 Å². The summed E-state index contributed by atoms with van der Waals surface area (Å²) in [5, 5.41) is 9.37. The first-order valence-electron chi connectivity index (χ1n) is 10.1. The van der Waals surface area contributed by atoms with Crippen molar-refractivity contribution in [2.75, 3.05) is 6.61 Å². The summed E-state index contributed by atoms with van der Waals surface area (Å²) in [5.41, 5.74) is 0.450. The van der Waals surface area contributed by atoms with E-state index in [0.717, 1.165) is 50.4 Å². The third-order valence-electron chi connectivity index (χ3n) is 9.03. The van der Waals surface area contributed by atoms with Crippen LogP contribution in [-0.4, -0.2) is 23.3 Å². The zero-order valence-electron chi connectivity index (χ0n) is 15.2. The van der Waals surface area contributed by atoms with Crippen molar-refractivity contribution < 1.29 is 14.7 Å². The number of hydrogen-bond donors (Lipinski definition) is 1. The highest BCUT2D eigenvalue weighted by molar-refractivity contribution is 5.83. The molecule has 3 heteroatoms. The van der Waals surface area contributed by atoms with Crippen LogP contribution in [0.5, 0.6) is 0 Å². The van der Waals surface area contributed by atoms with Gasteiger partial charge >= 0.3 is 0 Å². The maximum atomic E-state index is 12.3. The maximum Gasteiger partial charge on any atom is 0.161 e. The number of Topliss-reactive ketones (excluding diaryl/α,β-unsaturated/α-hetero) is 2. The number of hydrogen-bond acceptors (Lipinski definition) is 3. The molecule has 0 aromatic heterocycles. The molecule has 24 heavy (non-hydrogen) atoms. The third kappa shape index (κ3) is 2.19. The highest BCUT2D eigenvalue weighted by Crippen LogP contribution is 2.67. The minimum absolute atomic E-state index is 0.0709. The molecular weight excluding hydrogens is 300 g/mol. The van der Waals surface area contributed by atoms with Crippen LogP contribution < -0.4 is 0 Å². The minimum Gasteiger partial charge on any atom is -0.389 e. The van der Waals surface area contributed by atoms with Gasteiger partial charge in [-0.05, 0) is 79.4 Å². The topological polar surface area (TPSA) is 54.4 Å². The fraction of sp³-hybridized carbons (Fsp3) is 0.905. The van der Waals surface area contributed by atoms with Gasteiger partial charge in [-0.15, -0.1) is 0 Å². The van der Waals surface area contributed by atoms with Crippen LogP contribution in [0.3, 0.4) is 0 Å². The maximum absolute atomic E-state index is 12.3. The lowest BCUT2D eigenvalue weighted by atomic mass is 9.44. The molecule has 0 aromatic rings. The summed E-state index contributed by atoms with van der Waals surface area (Å²) in [7, 11) is 0. The van der Waals surface area contributed by atoms with E-state index in [-0.39, 0.29) is 23.7 Å². The molecule has 0 unspecified atom stereocenters. The highest BCUT2D eigenvalue weighted by Gasteiger charge is 2.60. The van der Waals surface area contributed by atoms with Crippen LogP contribution in [0.2, 0.25) is 0 Å². The zero-order chi connectivity index (χ0) is 17.1. The van der Waals surface area contributed by atoms with Gasteiger partial charge in [-0.25, -0.2) is 0 Å². The highest BCUT2D eigenvalue weighted by atomic mass is 16.3. The zero-order valence-corrected chi connectivity index (χ0v) is 15.2. The standard InChI is InChI=1S/C21H32O3/c1-20-9-7-14(23)11-13(20)3-4-15-16-5-6-18(19(24)12-22)21(16,2)10-8-17(15)20/h13,15-18,22H,3-12H2,1-2H3/t13-,15-,16-,17-,18+,20+,21-/m1/s1. The minimum atomic E-state index is -0.289. The van der Waals surface area contributed by atoms with Gasteiger partial charge in [0.15, 0.2) is 5.78 Å². The number of ketones is 2. The Balaban J connectivity index is 1.61. The second-order valence-electron chi connectivity index (χ2n) is 9.70. The summed E-state index contributed by atoms with van der Waals surface area (Å²) < 4.78 is 0. The van der Waals surface area contributed by atoms with Gasteiger partial charge in [0.25, 0.3) is 0 Å². The largest absolute Gasteiger partial charge is 0.389 e. The average Bonchev–Trinajstić information content (AvgIpc) is 2.92. The van der Waals surface area contributed by atoms with Gasteiger partial charge in [0.1, 0.15) is 12.4 Å². The van der Waals surface area contributed by atoms with Crippen LogP contribution in [0.1, 0.15) is 71.6 Å². The number of aliphatic hydroxyl groups excluding tert-OH is 1. The van der Waals surface area contributed by atoms with Crippen molar-refractivity contribution in [3.05, 3.63) is 0 Å². The first-order valence-corrected chi connectivity index (χ1v) is 10.1. The molecule has 4 aliphatic carbocycles. The Morgan fingerprint density at radius 3 is 2.54 bits per heavy atom. The van der Waals surface area contributed by atoms with Crippen molar-refractivity contribution in [3.8, 4) is 0 Å². The van der Waals surface area contributed by atoms with Gasteiger partial charge in [-0.1, -0.05) is 13.8 Å². The first kappa shape index (κ1) is 16.8. The van der Waals surface area contributed by atoms with E-state index in [4.69, 9.17) is 0 Å². The molecule has 0 aliphatic heterocycles. The van der Waals surface area contributed by atoms with Gasteiger partial charge in [0.05, 0.1) is 0 Å². The predicted octanol–water partition coefficient (Wildman–Crippen LogP) is 3.78. The number of aliphatic hydroxyl groups is 1. The summed E-state index contributed by atoms with van der Waals surface area (Å²) in [4.78, 5) is 24.2. The molecule has 0 amide bonds. The molecule has 4 aliphatic rings. The van der Waals surface area contributed by atoms with E-state index in [1.54, 1.807) is 0 Å². The normalized spacial score (nSPS) is 50.8. The van der Waals surface area contributed by atoms with E-state index in [9.17, 15) is 14.7 Å². The molecule has 0 radical (unpaired) electrons. The summed E-state index contributed by atoms with van der Waals surface area (Å²) in [5.74, 6) is 3.34. The van der Waals surface area contributed by atoms with Crippen LogP contribution in [0.4, 0.5) is 0 Å². The Morgan fingerprint density at radius 2 is 1.79 bits per heavy atom. The number of rotatable bonds is 2. The molecule has 4 saturated carbocycles. The molecule has 3 nitrogen and oxygen atoms in total. The Hall–Kier alpha value is -0.700. The first-order chi connectivity index (χ1) is 11.4. The third-order valence-corrected chi connectivity index (χ3v) is 9.03. The van der Waals surface area contributed by atoms with Crippen molar-refractivity contribution in [2.45, 2.75) is 71.6 Å². The van der Waals surface area contributed by atoms with Gasteiger partial charge in [-0.2, -0.15) is 0 Å². The molecule has 0 aromatic carbocycles. The van der Waals surface area contributed by atoms with Crippen LogP contribution in [0.15, 0.2) is 0 Å². The van der Waals surface area contributed by atoms with Crippen molar-refractivity contribution in [1.82, 2.24) is 0 Å². The van der Waals surface area contributed by atoms with E-state index < -0.39 is 0 Å². The lowest BCUT2D eigenvalue weighted by Gasteiger charge is -2.60. The van der Waals surface area contributed by atoms with Crippen molar-refractivity contribution in [1.29, 1.82) is 0 Å². The number of fused-ring (bicyclic) bond motifs is 5. The number of carbonyl (C=O) groups excluding carboxylic acids is 2. The van der Waals surface area contributed by atoms with E-state index in [1.165, 1.54) is 19.3 Å². The molecular formula is C21H32O3. The van der Waals surface area contributed by atoms with E-state index >= 15 is 0 Å². The van der Waals surface area contributed by atoms with E-state index in [1.807, 2.05) is 0 Å². The Morgan fingerprint density at radius 1 is 1.04 bits per heavy atom. The summed E-state index contributed by atoms with van der Waals surface area (Å²) in [6.45, 7) is 4.51. The molecule has 134 valence electrons. The second kappa shape index (κ2) is 5.65. The molecule has 0 heterocycles. The molecule has 1 N–H and O–H groups in total. The van der Waals surface area contributed by atoms with Crippen LogP contribution in [-0.2, 0) is 9.59 Å². The molecule has 0 saturated heterocycles. The fourth-order valence-electron chi connectivity index (χ4n) is 7.68. The Labute approximate surface area is 145 Å². The summed E-state index contributed by atoms with van der Waals surface area (Å²) in [6.07, 6.45) is 9.61. The monoisotopic (exact) mass is 332 g/mol. The molecule has 0 bridgehead atoms. The lowest BCUT2D eigenvalue weighted by Crippen LogP contribution is -2.54. The molecule has 4 rings (SSSR count). The lowest BCUT2D eigenvalue weighted by molar-refractivity contribution is -0.144. The van der Waals surface area contributed by atoms with Crippen molar-refractivity contribution >= 4 is 11.6 Å². The smallest absolute Gasteiger partial charge is 0.161 e. The fourth-order valence-corrected chi connectivity index (χ4v) is 7.68. The van der Waals surface area contributed by atoms with Crippen molar-refractivity contribution in [2.24, 2.45) is 40.4 Å². The van der Waals surface area contributed by atoms with Crippen LogP contribution in [0, 0.1) is 40.4 Å². The van der Waals surface area contributed by atoms with Crippen molar-refractivity contribution in [3.63, 3.8) is 0 Å². The SMILES string of the molecule is C[C@]12CCC(=O)C[C@H]1CC[C@H]1[C@H]2CC[C@]2(C)[C@@H]1CC[C@H]2C(=O)CO. The van der Waals surface area contributed by atoms with Gasteiger partial charge in [0.2, 0.25) is 0 Å². The Bertz CT molecular complexity index is 555. The molecule has 7 atom stereocenters. The van der Waals surface area contributed by atoms with Gasteiger partial charge in [0, 0.05) is 18.8 Å². The average molecular weight is 332 g/mol. The summed E-state index contributed by atoms with van der Waals surface area (Å²) >= 11 is 0. The van der Waals surface area contributed by atoms with Gasteiger partial charge < -0.3 is 5.11 Å². The molecule has 0 spiro atoms. The quantitative estimate of drug-likeness (QED) is 0.837. The summed E-state index contributed by atoms with van der Waals surface area (Å²) in [6, 6.07) is 0. The van der Waals surface area contributed by atoms with E-state index in [0.29, 0.717) is 23.0 Å². The van der Waals surface area contributed by atoms with Gasteiger partial charge in [-0.3, -0.25) is 9.59 Å².